The summed E-state index contributed by atoms with van der Waals surface area (Å²) >= 11 is 1.58. The lowest BCUT2D eigenvalue weighted by molar-refractivity contribution is -0.133. The van der Waals surface area contributed by atoms with Crippen LogP contribution in [0.25, 0.3) is 0 Å². The van der Waals surface area contributed by atoms with Gasteiger partial charge in [0.1, 0.15) is 5.82 Å². The highest BCUT2D eigenvalue weighted by molar-refractivity contribution is 7.09. The Labute approximate surface area is 157 Å². The first kappa shape index (κ1) is 18.6. The topological polar surface area (TPSA) is 49.4 Å². The van der Waals surface area contributed by atoms with E-state index in [4.69, 9.17) is 0 Å². The molecule has 1 aromatic carbocycles. The molecular formula is C20H23FN2O2S. The third-order valence-electron chi connectivity index (χ3n) is 4.70. The van der Waals surface area contributed by atoms with Crippen LogP contribution >= 0.6 is 11.3 Å². The summed E-state index contributed by atoms with van der Waals surface area (Å²) in [6, 6.07) is 9.93. The summed E-state index contributed by atoms with van der Waals surface area (Å²) in [5.41, 5.74) is 0.753. The van der Waals surface area contributed by atoms with Gasteiger partial charge in [-0.05, 0) is 54.8 Å². The second-order valence-electron chi connectivity index (χ2n) is 6.55. The van der Waals surface area contributed by atoms with Crippen LogP contribution in [0.2, 0.25) is 0 Å². The molecule has 2 heterocycles. The summed E-state index contributed by atoms with van der Waals surface area (Å²) in [4.78, 5) is 28.0. The van der Waals surface area contributed by atoms with Crippen molar-refractivity contribution in [1.82, 2.24) is 10.2 Å². The van der Waals surface area contributed by atoms with E-state index in [1.54, 1.807) is 23.5 Å². The minimum Gasteiger partial charge on any atom is -0.346 e. The Morgan fingerprint density at radius 3 is 2.50 bits per heavy atom. The fourth-order valence-corrected chi connectivity index (χ4v) is 3.98. The van der Waals surface area contributed by atoms with Crippen LogP contribution in [0.1, 0.15) is 35.6 Å². The van der Waals surface area contributed by atoms with E-state index in [0.717, 1.165) is 42.8 Å². The average molecular weight is 374 g/mol. The molecule has 3 rings (SSSR count). The van der Waals surface area contributed by atoms with Crippen molar-refractivity contribution in [3.8, 4) is 0 Å². The van der Waals surface area contributed by atoms with Crippen molar-refractivity contribution in [2.45, 2.75) is 31.6 Å². The summed E-state index contributed by atoms with van der Waals surface area (Å²) in [6.45, 7) is 1.55. The maximum absolute atomic E-state index is 13.2. The van der Waals surface area contributed by atoms with Gasteiger partial charge in [0, 0.05) is 18.0 Å². The second kappa shape index (κ2) is 8.94. The van der Waals surface area contributed by atoms with E-state index in [2.05, 4.69) is 5.32 Å². The molecule has 0 aliphatic carbocycles. The molecule has 4 nitrogen and oxygen atoms in total. The Morgan fingerprint density at radius 2 is 1.85 bits per heavy atom. The molecule has 2 aromatic rings. The van der Waals surface area contributed by atoms with Gasteiger partial charge in [-0.3, -0.25) is 9.59 Å². The van der Waals surface area contributed by atoms with Crippen LogP contribution in [0.15, 0.2) is 41.8 Å². The molecule has 0 saturated carbocycles. The van der Waals surface area contributed by atoms with Crippen LogP contribution in [0.4, 0.5) is 4.39 Å². The van der Waals surface area contributed by atoms with E-state index in [0.29, 0.717) is 6.42 Å². The number of piperidine rings is 1. The van der Waals surface area contributed by atoms with Gasteiger partial charge in [-0.25, -0.2) is 4.39 Å². The number of nitrogens with one attached hydrogen (secondary N) is 1. The number of carbonyl (C=O) groups excluding carboxylic acids is 2. The first-order chi connectivity index (χ1) is 12.6. The highest BCUT2D eigenvalue weighted by Gasteiger charge is 2.23. The summed E-state index contributed by atoms with van der Waals surface area (Å²) in [7, 11) is 0. The van der Waals surface area contributed by atoms with Crippen LogP contribution in [-0.4, -0.2) is 36.3 Å². The Morgan fingerprint density at radius 1 is 1.12 bits per heavy atom. The maximum atomic E-state index is 13.2. The Balaban J connectivity index is 1.66. The highest BCUT2D eigenvalue weighted by atomic mass is 32.1. The number of nitrogens with zero attached hydrogens (tertiary/aromatic N) is 1. The van der Waals surface area contributed by atoms with E-state index in [1.807, 2.05) is 22.4 Å². The molecule has 138 valence electrons. The summed E-state index contributed by atoms with van der Waals surface area (Å²) in [6.07, 6.45) is 3.74. The quantitative estimate of drug-likeness (QED) is 0.843. The van der Waals surface area contributed by atoms with Crippen molar-refractivity contribution in [2.24, 2.45) is 0 Å². The van der Waals surface area contributed by atoms with E-state index >= 15 is 0 Å². The van der Waals surface area contributed by atoms with Gasteiger partial charge < -0.3 is 10.2 Å². The monoisotopic (exact) mass is 374 g/mol. The molecule has 2 amide bonds. The number of hydrogen-bond acceptors (Lipinski definition) is 3. The number of halogens is 1. The second-order valence-corrected chi connectivity index (χ2v) is 7.58. The molecule has 1 aromatic heterocycles. The first-order valence-corrected chi connectivity index (χ1v) is 9.85. The Kier molecular flexibility index (Phi) is 6.39. The molecule has 1 atom stereocenters. The molecular weight excluding hydrogens is 351 g/mol. The standard InChI is InChI=1S/C20H23FN2O2S/c21-16-8-6-15(7-9-16)18(13-17-5-4-12-26-17)20(25)22-14-19(24)23-10-2-1-3-11-23/h4-9,12,18H,1-3,10-11,13-14H2,(H,22,25). The highest BCUT2D eigenvalue weighted by Crippen LogP contribution is 2.24. The fraction of sp³-hybridized carbons (Fsp3) is 0.400. The molecule has 1 saturated heterocycles. The molecule has 0 bridgehead atoms. The molecule has 1 N–H and O–H groups in total. The zero-order chi connectivity index (χ0) is 18.4. The number of benzene rings is 1. The van der Waals surface area contributed by atoms with Gasteiger partial charge >= 0.3 is 0 Å². The number of rotatable bonds is 6. The SMILES string of the molecule is O=C(NCC(=O)N1CCCCC1)C(Cc1cccs1)c1ccc(F)cc1. The summed E-state index contributed by atoms with van der Waals surface area (Å²) in [5, 5.41) is 4.75. The normalized spacial score (nSPS) is 15.5. The zero-order valence-corrected chi connectivity index (χ0v) is 15.4. The summed E-state index contributed by atoms with van der Waals surface area (Å²) in [5.74, 6) is -1.00. The lowest BCUT2D eigenvalue weighted by atomic mass is 9.94. The van der Waals surface area contributed by atoms with Crippen molar-refractivity contribution in [3.05, 3.63) is 58.0 Å². The van der Waals surface area contributed by atoms with Gasteiger partial charge in [-0.15, -0.1) is 11.3 Å². The first-order valence-electron chi connectivity index (χ1n) is 8.97. The van der Waals surface area contributed by atoms with Crippen LogP contribution in [0.3, 0.4) is 0 Å². The minimum absolute atomic E-state index is 0.0148. The minimum atomic E-state index is -0.441. The number of thiophene rings is 1. The average Bonchev–Trinajstić information content (AvgIpc) is 3.19. The lowest BCUT2D eigenvalue weighted by Gasteiger charge is -2.27. The Bertz CT molecular complexity index is 725. The van der Waals surface area contributed by atoms with Gasteiger partial charge in [0.05, 0.1) is 12.5 Å². The number of amides is 2. The van der Waals surface area contributed by atoms with Crippen molar-refractivity contribution in [1.29, 1.82) is 0 Å². The van der Waals surface area contributed by atoms with Crippen LogP contribution in [-0.2, 0) is 16.0 Å². The van der Waals surface area contributed by atoms with Gasteiger partial charge in [-0.1, -0.05) is 18.2 Å². The van der Waals surface area contributed by atoms with Gasteiger partial charge in [-0.2, -0.15) is 0 Å². The number of carbonyl (C=O) groups is 2. The predicted molar refractivity (Wildman–Crippen MR) is 101 cm³/mol. The van der Waals surface area contributed by atoms with E-state index in [-0.39, 0.29) is 24.2 Å². The molecule has 0 radical (unpaired) electrons. The molecule has 0 spiro atoms. The molecule has 1 unspecified atom stereocenters. The van der Waals surface area contributed by atoms with Gasteiger partial charge in [0.25, 0.3) is 0 Å². The van der Waals surface area contributed by atoms with Crippen LogP contribution in [0, 0.1) is 5.82 Å². The van der Waals surface area contributed by atoms with Crippen molar-refractivity contribution in [2.75, 3.05) is 19.6 Å². The Hall–Kier alpha value is -2.21. The molecule has 6 heteroatoms. The van der Waals surface area contributed by atoms with Gasteiger partial charge in [0.2, 0.25) is 11.8 Å². The number of likely N-dealkylation sites (tertiary alicyclic amines) is 1. The molecule has 1 fully saturated rings. The van der Waals surface area contributed by atoms with Gasteiger partial charge in [0.15, 0.2) is 0 Å². The fourth-order valence-electron chi connectivity index (χ4n) is 3.23. The molecule has 1 aliphatic heterocycles. The van der Waals surface area contributed by atoms with Crippen molar-refractivity contribution < 1.29 is 14.0 Å². The van der Waals surface area contributed by atoms with E-state index < -0.39 is 5.92 Å². The third kappa shape index (κ3) is 4.91. The largest absolute Gasteiger partial charge is 0.346 e. The zero-order valence-electron chi connectivity index (χ0n) is 14.6. The number of hydrogen-bond donors (Lipinski definition) is 1. The summed E-state index contributed by atoms with van der Waals surface area (Å²) < 4.78 is 13.2. The lowest BCUT2D eigenvalue weighted by Crippen LogP contribution is -2.43. The molecule has 26 heavy (non-hydrogen) atoms. The van der Waals surface area contributed by atoms with Crippen LogP contribution in [0.5, 0.6) is 0 Å². The smallest absolute Gasteiger partial charge is 0.241 e. The van der Waals surface area contributed by atoms with Crippen LogP contribution < -0.4 is 5.32 Å². The van der Waals surface area contributed by atoms with E-state index in [9.17, 15) is 14.0 Å². The maximum Gasteiger partial charge on any atom is 0.241 e. The van der Waals surface area contributed by atoms with E-state index in [1.165, 1.54) is 12.1 Å². The van der Waals surface area contributed by atoms with Crippen molar-refractivity contribution in [3.63, 3.8) is 0 Å². The molecule has 1 aliphatic rings. The predicted octanol–water partition coefficient (Wildman–Crippen LogP) is 3.34. The third-order valence-corrected chi connectivity index (χ3v) is 5.60. The van der Waals surface area contributed by atoms with Crippen molar-refractivity contribution >= 4 is 23.2 Å².